The SMILES string of the molecule is O=C1NC(=S)N(c2ccc(Cl)cc2)C(=O)C1=Cc1cnccc1-c1ccc(Cl)cc1. The van der Waals surface area contributed by atoms with Crippen LogP contribution in [0.25, 0.3) is 17.2 Å². The summed E-state index contributed by atoms with van der Waals surface area (Å²) in [5, 5.41) is 3.71. The highest BCUT2D eigenvalue weighted by Crippen LogP contribution is 2.28. The summed E-state index contributed by atoms with van der Waals surface area (Å²) in [6, 6.07) is 15.7. The van der Waals surface area contributed by atoms with Gasteiger partial charge in [0.25, 0.3) is 11.8 Å². The van der Waals surface area contributed by atoms with Crippen LogP contribution in [-0.2, 0) is 9.59 Å². The minimum absolute atomic E-state index is 0.00795. The van der Waals surface area contributed by atoms with Crippen LogP contribution in [0.3, 0.4) is 0 Å². The van der Waals surface area contributed by atoms with Crippen molar-refractivity contribution in [2.75, 3.05) is 4.90 Å². The zero-order valence-electron chi connectivity index (χ0n) is 15.3. The summed E-state index contributed by atoms with van der Waals surface area (Å²) in [5.41, 5.74) is 2.75. The first kappa shape index (κ1) is 20.2. The number of rotatable bonds is 3. The monoisotopic (exact) mass is 453 g/mol. The van der Waals surface area contributed by atoms with Crippen LogP contribution in [-0.4, -0.2) is 21.9 Å². The quantitative estimate of drug-likeness (QED) is 0.348. The molecular weight excluding hydrogens is 441 g/mol. The van der Waals surface area contributed by atoms with Crippen molar-refractivity contribution in [3.8, 4) is 11.1 Å². The largest absolute Gasteiger partial charge is 0.298 e. The number of carbonyl (C=O) groups is 2. The lowest BCUT2D eigenvalue weighted by Crippen LogP contribution is -2.54. The molecule has 8 heteroatoms. The number of thiocarbonyl (C=S) groups is 1. The standard InChI is InChI=1S/C22H13Cl2N3O2S/c23-15-3-1-13(2-4-15)18-9-10-25-12-14(18)11-19-20(28)26-22(30)27(21(19)29)17-7-5-16(24)6-8-17/h1-12H,(H,26,28,30). The van der Waals surface area contributed by atoms with Crippen LogP contribution in [0.2, 0.25) is 10.0 Å². The topological polar surface area (TPSA) is 62.3 Å². The van der Waals surface area contributed by atoms with E-state index in [1.54, 1.807) is 48.8 Å². The molecule has 1 N–H and O–H groups in total. The van der Waals surface area contributed by atoms with Crippen molar-refractivity contribution in [3.05, 3.63) is 88.2 Å². The van der Waals surface area contributed by atoms with Crippen molar-refractivity contribution in [1.82, 2.24) is 10.3 Å². The Morgan fingerprint density at radius 1 is 0.933 bits per heavy atom. The number of benzene rings is 2. The lowest BCUT2D eigenvalue weighted by atomic mass is 9.99. The van der Waals surface area contributed by atoms with E-state index in [9.17, 15) is 9.59 Å². The fourth-order valence-electron chi connectivity index (χ4n) is 3.05. The van der Waals surface area contributed by atoms with E-state index in [-0.39, 0.29) is 10.7 Å². The molecule has 0 unspecified atom stereocenters. The number of anilines is 1. The number of hydrogen-bond donors (Lipinski definition) is 1. The summed E-state index contributed by atoms with van der Waals surface area (Å²) in [4.78, 5) is 31.1. The van der Waals surface area contributed by atoms with Gasteiger partial charge in [-0.3, -0.25) is 24.8 Å². The molecule has 2 heterocycles. The lowest BCUT2D eigenvalue weighted by molar-refractivity contribution is -0.122. The Balaban J connectivity index is 1.77. The van der Waals surface area contributed by atoms with E-state index in [1.807, 2.05) is 18.2 Å². The molecule has 4 rings (SSSR count). The third-order valence-corrected chi connectivity index (χ3v) is 5.28. The molecule has 0 radical (unpaired) electrons. The van der Waals surface area contributed by atoms with Crippen molar-refractivity contribution < 1.29 is 9.59 Å². The van der Waals surface area contributed by atoms with Crippen molar-refractivity contribution in [1.29, 1.82) is 0 Å². The molecule has 0 spiro atoms. The molecule has 1 aromatic heterocycles. The number of carbonyl (C=O) groups excluding carboxylic acids is 2. The molecule has 1 aliphatic heterocycles. The van der Waals surface area contributed by atoms with Gasteiger partial charge in [0.2, 0.25) is 0 Å². The van der Waals surface area contributed by atoms with Gasteiger partial charge in [0.1, 0.15) is 5.57 Å². The highest BCUT2D eigenvalue weighted by Gasteiger charge is 2.34. The van der Waals surface area contributed by atoms with Gasteiger partial charge < -0.3 is 0 Å². The Morgan fingerprint density at radius 3 is 2.23 bits per heavy atom. The van der Waals surface area contributed by atoms with Gasteiger partial charge in [0.15, 0.2) is 5.11 Å². The van der Waals surface area contributed by atoms with Gasteiger partial charge in [-0.25, -0.2) is 0 Å². The zero-order chi connectivity index (χ0) is 21.3. The third kappa shape index (κ3) is 3.98. The highest BCUT2D eigenvalue weighted by molar-refractivity contribution is 7.80. The maximum absolute atomic E-state index is 13.2. The molecule has 1 aliphatic rings. The zero-order valence-corrected chi connectivity index (χ0v) is 17.6. The van der Waals surface area contributed by atoms with E-state index in [2.05, 4.69) is 10.3 Å². The van der Waals surface area contributed by atoms with Crippen molar-refractivity contribution in [2.45, 2.75) is 0 Å². The minimum atomic E-state index is -0.568. The number of hydrogen-bond acceptors (Lipinski definition) is 4. The predicted octanol–water partition coefficient (Wildman–Crippen LogP) is 4.89. The molecular formula is C22H13Cl2N3O2S. The number of halogens is 2. The van der Waals surface area contributed by atoms with Crippen LogP contribution in [0.4, 0.5) is 5.69 Å². The molecule has 0 aliphatic carbocycles. The highest BCUT2D eigenvalue weighted by atomic mass is 35.5. The van der Waals surface area contributed by atoms with Crippen LogP contribution in [0.15, 0.2) is 72.6 Å². The van der Waals surface area contributed by atoms with Crippen molar-refractivity contribution >= 4 is 64.1 Å². The maximum Gasteiger partial charge on any atom is 0.270 e. The smallest absolute Gasteiger partial charge is 0.270 e. The Labute approximate surface area is 187 Å². The summed E-state index contributed by atoms with van der Waals surface area (Å²) in [5.74, 6) is -1.10. The van der Waals surface area contributed by atoms with E-state index in [1.165, 1.54) is 11.0 Å². The Hall–Kier alpha value is -3.06. The second-order valence-electron chi connectivity index (χ2n) is 6.40. The molecule has 2 amide bonds. The molecule has 1 saturated heterocycles. The van der Waals surface area contributed by atoms with Crippen LogP contribution in [0.1, 0.15) is 5.56 Å². The average Bonchev–Trinajstić information content (AvgIpc) is 2.73. The van der Waals surface area contributed by atoms with Crippen LogP contribution in [0.5, 0.6) is 0 Å². The fourth-order valence-corrected chi connectivity index (χ4v) is 3.58. The van der Waals surface area contributed by atoms with Gasteiger partial charge in [0.05, 0.1) is 5.69 Å². The van der Waals surface area contributed by atoms with Gasteiger partial charge in [0, 0.05) is 28.0 Å². The number of aromatic nitrogens is 1. The van der Waals surface area contributed by atoms with Crippen LogP contribution < -0.4 is 10.2 Å². The molecule has 30 heavy (non-hydrogen) atoms. The first-order valence-corrected chi connectivity index (χ1v) is 9.97. The van der Waals surface area contributed by atoms with E-state index in [4.69, 9.17) is 35.4 Å². The van der Waals surface area contributed by atoms with E-state index in [0.717, 1.165) is 11.1 Å². The van der Waals surface area contributed by atoms with E-state index < -0.39 is 11.8 Å². The molecule has 1 fully saturated rings. The van der Waals surface area contributed by atoms with Gasteiger partial charge in [-0.05, 0) is 71.9 Å². The number of nitrogens with zero attached hydrogens (tertiary/aromatic N) is 2. The third-order valence-electron chi connectivity index (χ3n) is 4.49. The molecule has 2 aromatic carbocycles. The van der Waals surface area contributed by atoms with Crippen LogP contribution >= 0.6 is 35.4 Å². The first-order chi connectivity index (χ1) is 14.4. The molecule has 0 bridgehead atoms. The second kappa shape index (κ2) is 8.36. The predicted molar refractivity (Wildman–Crippen MR) is 122 cm³/mol. The van der Waals surface area contributed by atoms with Gasteiger partial charge in [-0.15, -0.1) is 0 Å². The van der Waals surface area contributed by atoms with Crippen LogP contribution in [0, 0.1) is 0 Å². The summed E-state index contributed by atoms with van der Waals surface area (Å²) >= 11 is 17.1. The molecule has 5 nitrogen and oxygen atoms in total. The summed E-state index contributed by atoms with van der Waals surface area (Å²) in [6.07, 6.45) is 4.75. The van der Waals surface area contributed by atoms with E-state index >= 15 is 0 Å². The average molecular weight is 454 g/mol. The Morgan fingerprint density at radius 2 is 1.57 bits per heavy atom. The lowest BCUT2D eigenvalue weighted by Gasteiger charge is -2.29. The maximum atomic E-state index is 13.2. The summed E-state index contributed by atoms with van der Waals surface area (Å²) < 4.78 is 0. The molecule has 0 atom stereocenters. The number of nitrogens with one attached hydrogen (secondary N) is 1. The van der Waals surface area contributed by atoms with Crippen molar-refractivity contribution in [2.24, 2.45) is 0 Å². The van der Waals surface area contributed by atoms with E-state index in [0.29, 0.717) is 21.3 Å². The normalized spacial score (nSPS) is 15.5. The first-order valence-electron chi connectivity index (χ1n) is 8.81. The number of amides is 2. The second-order valence-corrected chi connectivity index (χ2v) is 7.66. The van der Waals surface area contributed by atoms with Crippen molar-refractivity contribution in [3.63, 3.8) is 0 Å². The minimum Gasteiger partial charge on any atom is -0.298 e. The Bertz CT molecular complexity index is 1190. The molecule has 3 aromatic rings. The Kier molecular flexibility index (Phi) is 5.63. The molecule has 148 valence electrons. The summed E-state index contributed by atoms with van der Waals surface area (Å²) in [6.45, 7) is 0. The molecule has 0 saturated carbocycles. The van der Waals surface area contributed by atoms with Gasteiger partial charge in [-0.1, -0.05) is 35.3 Å². The fraction of sp³-hybridized carbons (Fsp3) is 0. The summed E-state index contributed by atoms with van der Waals surface area (Å²) in [7, 11) is 0. The number of pyridine rings is 1. The van der Waals surface area contributed by atoms with Gasteiger partial charge in [-0.2, -0.15) is 0 Å². The van der Waals surface area contributed by atoms with Gasteiger partial charge >= 0.3 is 0 Å².